The molecule has 2 atom stereocenters. The fraction of sp³-hybridized carbons (Fsp3) is 0.654. The van der Waals surface area contributed by atoms with Gasteiger partial charge in [-0.2, -0.15) is 5.10 Å². The molecule has 3 heterocycles. The third-order valence-electron chi connectivity index (χ3n) is 7.19. The zero-order valence-electron chi connectivity index (χ0n) is 20.8. The first-order valence-corrected chi connectivity index (χ1v) is 12.6. The summed E-state index contributed by atoms with van der Waals surface area (Å²) in [7, 11) is 0. The van der Waals surface area contributed by atoms with Crippen molar-refractivity contribution < 1.29 is 4.79 Å². The quantitative estimate of drug-likeness (QED) is 0.717. The van der Waals surface area contributed by atoms with Crippen LogP contribution in [0.15, 0.2) is 24.3 Å². The van der Waals surface area contributed by atoms with Gasteiger partial charge in [0.25, 0.3) is 0 Å². The minimum atomic E-state index is 0.198. The summed E-state index contributed by atoms with van der Waals surface area (Å²) in [6.45, 7) is 12.6. The summed E-state index contributed by atoms with van der Waals surface area (Å²) in [6, 6.07) is 9.49. The highest BCUT2D eigenvalue weighted by Crippen LogP contribution is 2.30. The number of rotatable bonds is 6. The monoisotopic (exact) mass is 452 g/mol. The van der Waals surface area contributed by atoms with Gasteiger partial charge < -0.3 is 10.2 Å². The molecule has 1 aromatic heterocycles. The number of carbonyl (C=O) groups is 1. The lowest BCUT2D eigenvalue weighted by Gasteiger charge is -2.34. The average Bonchev–Trinajstić information content (AvgIpc) is 3.30. The predicted octanol–water partition coefficient (Wildman–Crippen LogP) is 4.01. The smallest absolute Gasteiger partial charge is 0.224 e. The minimum absolute atomic E-state index is 0.198. The van der Waals surface area contributed by atoms with E-state index in [1.165, 1.54) is 24.8 Å². The first-order chi connectivity index (χ1) is 15.9. The average molecular weight is 453 g/mol. The normalized spacial score (nSPS) is 21.5. The number of hydrogen-bond donors (Lipinski definition) is 1. The number of para-hydroxylation sites is 1. The molecule has 7 nitrogen and oxygen atoms in total. The summed E-state index contributed by atoms with van der Waals surface area (Å²) >= 11 is 0. The Balaban J connectivity index is 1.54. The highest BCUT2D eigenvalue weighted by molar-refractivity contribution is 5.76. The van der Waals surface area contributed by atoms with Crippen LogP contribution in [0.5, 0.6) is 0 Å². The van der Waals surface area contributed by atoms with Crippen LogP contribution in [0.3, 0.4) is 0 Å². The number of hydrogen-bond acceptors (Lipinski definition) is 5. The molecule has 0 spiro atoms. The molecule has 4 rings (SSSR count). The van der Waals surface area contributed by atoms with E-state index < -0.39 is 0 Å². The van der Waals surface area contributed by atoms with Crippen molar-refractivity contribution in [3.05, 3.63) is 41.5 Å². The molecule has 180 valence electrons. The molecule has 1 fully saturated rings. The summed E-state index contributed by atoms with van der Waals surface area (Å²) in [4.78, 5) is 22.7. The standard InChI is InChI=1S/C26H40N6O/c1-19(2)12-15-31-23-9-10-24(31)18-30(17-22-7-5-6-8-25(22)27-14-11-23)26(33)13-16-32-21(4)28-20(3)29-32/h5-8,19,23-24,27H,9-18H2,1-4H3/t23-,24+/m1/s1. The molecule has 33 heavy (non-hydrogen) atoms. The van der Waals surface area contributed by atoms with Crippen LogP contribution in [0, 0.1) is 19.8 Å². The van der Waals surface area contributed by atoms with Crippen LogP contribution in [0.1, 0.15) is 63.2 Å². The van der Waals surface area contributed by atoms with E-state index >= 15 is 0 Å². The second kappa shape index (κ2) is 10.7. The largest absolute Gasteiger partial charge is 0.385 e. The van der Waals surface area contributed by atoms with Crippen molar-refractivity contribution in [3.8, 4) is 0 Å². The molecule has 1 aromatic carbocycles. The summed E-state index contributed by atoms with van der Waals surface area (Å²) in [5.74, 6) is 2.51. The number of anilines is 1. The van der Waals surface area contributed by atoms with Gasteiger partial charge in [-0.3, -0.25) is 9.69 Å². The highest BCUT2D eigenvalue weighted by atomic mass is 16.2. The van der Waals surface area contributed by atoms with Crippen molar-refractivity contribution in [2.24, 2.45) is 5.92 Å². The fourth-order valence-corrected chi connectivity index (χ4v) is 5.34. The second-order valence-corrected chi connectivity index (χ2v) is 10.1. The van der Waals surface area contributed by atoms with Crippen LogP contribution < -0.4 is 5.32 Å². The highest BCUT2D eigenvalue weighted by Gasteiger charge is 2.35. The van der Waals surface area contributed by atoms with E-state index in [1.807, 2.05) is 18.5 Å². The lowest BCUT2D eigenvalue weighted by atomic mass is 10.1. The van der Waals surface area contributed by atoms with Crippen molar-refractivity contribution in [1.82, 2.24) is 24.6 Å². The van der Waals surface area contributed by atoms with Crippen LogP contribution >= 0.6 is 0 Å². The predicted molar refractivity (Wildman–Crippen MR) is 132 cm³/mol. The van der Waals surface area contributed by atoms with Gasteiger partial charge in [-0.25, -0.2) is 9.67 Å². The van der Waals surface area contributed by atoms with Gasteiger partial charge in [0.05, 0.1) is 6.54 Å². The molecular weight excluding hydrogens is 412 g/mol. The number of nitrogens with one attached hydrogen (secondary N) is 1. The Morgan fingerprint density at radius 3 is 2.67 bits per heavy atom. The third-order valence-corrected chi connectivity index (χ3v) is 7.19. The van der Waals surface area contributed by atoms with Gasteiger partial charge >= 0.3 is 0 Å². The molecule has 2 aliphatic heterocycles. The van der Waals surface area contributed by atoms with Gasteiger partial charge in [0.2, 0.25) is 5.91 Å². The maximum atomic E-state index is 13.5. The second-order valence-electron chi connectivity index (χ2n) is 10.1. The van der Waals surface area contributed by atoms with Crippen LogP contribution in [0.4, 0.5) is 5.69 Å². The number of amides is 1. The lowest BCUT2D eigenvalue weighted by Crippen LogP contribution is -2.45. The number of aromatic nitrogens is 3. The summed E-state index contributed by atoms with van der Waals surface area (Å²) in [6.07, 6.45) is 5.21. The molecule has 0 radical (unpaired) electrons. The fourth-order valence-electron chi connectivity index (χ4n) is 5.34. The van der Waals surface area contributed by atoms with Gasteiger partial charge in [0.15, 0.2) is 0 Å². The van der Waals surface area contributed by atoms with Gasteiger partial charge in [0, 0.05) is 43.8 Å². The van der Waals surface area contributed by atoms with E-state index in [1.54, 1.807) is 0 Å². The Labute approximate surface area is 198 Å². The molecule has 0 saturated carbocycles. The zero-order chi connectivity index (χ0) is 23.4. The molecule has 0 aliphatic carbocycles. The number of aryl methyl sites for hydroxylation is 3. The van der Waals surface area contributed by atoms with Crippen LogP contribution in [0.25, 0.3) is 0 Å². The van der Waals surface area contributed by atoms with Crippen molar-refractivity contribution in [2.75, 3.05) is 25.0 Å². The van der Waals surface area contributed by atoms with Crippen molar-refractivity contribution >= 4 is 11.6 Å². The summed E-state index contributed by atoms with van der Waals surface area (Å²) < 4.78 is 1.86. The van der Waals surface area contributed by atoms with Gasteiger partial charge in [-0.15, -0.1) is 0 Å². The number of nitrogens with zero attached hydrogens (tertiary/aromatic N) is 5. The first-order valence-electron chi connectivity index (χ1n) is 12.6. The van der Waals surface area contributed by atoms with E-state index in [2.05, 4.69) is 63.3 Å². The SMILES string of the molecule is Cc1nc(C)n(CCC(=O)N2Cc3ccccc3NCC[C@H]3CC[C@@H](C2)N3CCC(C)C)n1. The molecular formula is C26H40N6O. The molecule has 2 aliphatic rings. The Bertz CT molecular complexity index is 939. The van der Waals surface area contributed by atoms with Crippen LogP contribution in [-0.2, 0) is 17.9 Å². The first kappa shape index (κ1) is 23.7. The van der Waals surface area contributed by atoms with E-state index in [-0.39, 0.29) is 5.91 Å². The maximum absolute atomic E-state index is 13.5. The lowest BCUT2D eigenvalue weighted by molar-refractivity contribution is -0.133. The molecule has 1 saturated heterocycles. The topological polar surface area (TPSA) is 66.3 Å². The molecule has 0 unspecified atom stereocenters. The molecule has 7 heteroatoms. The van der Waals surface area contributed by atoms with Gasteiger partial charge in [0.1, 0.15) is 11.6 Å². The zero-order valence-corrected chi connectivity index (χ0v) is 20.8. The molecule has 1 N–H and O–H groups in total. The van der Waals surface area contributed by atoms with E-state index in [0.717, 1.165) is 43.4 Å². The summed E-state index contributed by atoms with van der Waals surface area (Å²) in [5, 5.41) is 8.11. The van der Waals surface area contributed by atoms with Crippen LogP contribution in [0.2, 0.25) is 0 Å². The minimum Gasteiger partial charge on any atom is -0.385 e. The van der Waals surface area contributed by atoms with Crippen molar-refractivity contribution in [3.63, 3.8) is 0 Å². The van der Waals surface area contributed by atoms with E-state index in [4.69, 9.17) is 0 Å². The molecule has 2 aromatic rings. The molecule has 1 amide bonds. The van der Waals surface area contributed by atoms with E-state index in [0.29, 0.717) is 37.5 Å². The maximum Gasteiger partial charge on any atom is 0.224 e. The Morgan fingerprint density at radius 2 is 1.91 bits per heavy atom. The van der Waals surface area contributed by atoms with Gasteiger partial charge in [-0.05, 0) is 63.6 Å². The third kappa shape index (κ3) is 5.94. The Morgan fingerprint density at radius 1 is 1.12 bits per heavy atom. The number of fused-ring (bicyclic) bond motifs is 3. The number of benzene rings is 1. The van der Waals surface area contributed by atoms with Crippen LogP contribution in [-0.4, -0.2) is 62.2 Å². The van der Waals surface area contributed by atoms with Crippen molar-refractivity contribution in [1.29, 1.82) is 0 Å². The summed E-state index contributed by atoms with van der Waals surface area (Å²) in [5.41, 5.74) is 2.36. The number of carbonyl (C=O) groups excluding carboxylic acids is 1. The van der Waals surface area contributed by atoms with Gasteiger partial charge in [-0.1, -0.05) is 32.0 Å². The van der Waals surface area contributed by atoms with E-state index in [9.17, 15) is 4.79 Å². The Kier molecular flexibility index (Phi) is 7.68. The Hall–Kier alpha value is -2.41. The van der Waals surface area contributed by atoms with Crippen molar-refractivity contribution in [2.45, 2.75) is 85.0 Å². The molecule has 2 bridgehead atoms.